The van der Waals surface area contributed by atoms with Crippen LogP contribution in [-0.4, -0.2) is 25.0 Å². The highest BCUT2D eigenvalue weighted by molar-refractivity contribution is 6.02. The number of ether oxygens (including phenoxy) is 1. The zero-order chi connectivity index (χ0) is 14.0. The van der Waals surface area contributed by atoms with Crippen molar-refractivity contribution in [2.45, 2.75) is 31.6 Å². The van der Waals surface area contributed by atoms with Gasteiger partial charge in [0.25, 0.3) is 0 Å². The van der Waals surface area contributed by atoms with Crippen molar-refractivity contribution in [2.75, 3.05) is 13.2 Å². The molecule has 2 aliphatic rings. The van der Waals surface area contributed by atoms with E-state index >= 15 is 0 Å². The first kappa shape index (κ1) is 13.3. The maximum atomic E-state index is 12.4. The third kappa shape index (κ3) is 2.36. The zero-order valence-corrected chi connectivity index (χ0v) is 11.4. The fourth-order valence-electron chi connectivity index (χ4n) is 3.60. The molecule has 2 aliphatic heterocycles. The third-order valence-electron chi connectivity index (χ3n) is 4.49. The van der Waals surface area contributed by atoms with Gasteiger partial charge in [-0.15, -0.1) is 0 Å². The van der Waals surface area contributed by atoms with Crippen LogP contribution in [0.25, 0.3) is 0 Å². The molecule has 0 aromatic heterocycles. The minimum atomic E-state index is -0.280. The van der Waals surface area contributed by atoms with E-state index in [1.54, 1.807) is 0 Å². The summed E-state index contributed by atoms with van der Waals surface area (Å²) in [5, 5.41) is 2.50. The average molecular weight is 273 g/mol. The highest BCUT2D eigenvalue weighted by Crippen LogP contribution is 2.48. The maximum absolute atomic E-state index is 12.4. The number of piperidine rings is 1. The highest BCUT2D eigenvalue weighted by atomic mass is 16.5. The predicted molar refractivity (Wildman–Crippen MR) is 74.1 cm³/mol. The molecule has 2 amide bonds. The number of hydrogen-bond donors (Lipinski definition) is 1. The van der Waals surface area contributed by atoms with E-state index in [4.69, 9.17) is 4.74 Å². The fraction of sp³-hybridized carbons (Fsp3) is 0.500. The van der Waals surface area contributed by atoms with Gasteiger partial charge in [-0.2, -0.15) is 0 Å². The number of amides is 2. The molecule has 1 spiro atoms. The van der Waals surface area contributed by atoms with Gasteiger partial charge in [-0.25, -0.2) is 0 Å². The monoisotopic (exact) mass is 273 g/mol. The van der Waals surface area contributed by atoms with Gasteiger partial charge in [-0.05, 0) is 30.2 Å². The molecule has 0 aliphatic carbocycles. The van der Waals surface area contributed by atoms with Gasteiger partial charge >= 0.3 is 0 Å². The number of carbonyl (C=O) groups is 2. The van der Waals surface area contributed by atoms with Crippen LogP contribution in [0.15, 0.2) is 30.3 Å². The molecule has 1 N–H and O–H groups in total. The van der Waals surface area contributed by atoms with E-state index < -0.39 is 0 Å². The lowest BCUT2D eigenvalue weighted by Crippen LogP contribution is -2.50. The number of rotatable bonds is 1. The van der Waals surface area contributed by atoms with Crippen LogP contribution in [0.4, 0.5) is 0 Å². The number of imide groups is 1. The van der Waals surface area contributed by atoms with Crippen LogP contribution in [0.2, 0.25) is 0 Å². The molecule has 1 aromatic carbocycles. The molecule has 20 heavy (non-hydrogen) atoms. The Labute approximate surface area is 118 Å². The third-order valence-corrected chi connectivity index (χ3v) is 4.49. The van der Waals surface area contributed by atoms with Crippen LogP contribution in [0.1, 0.15) is 37.2 Å². The number of carbonyl (C=O) groups excluding carboxylic acids is 2. The minimum absolute atomic E-state index is 0.149. The summed E-state index contributed by atoms with van der Waals surface area (Å²) in [6, 6.07) is 9.79. The summed E-state index contributed by atoms with van der Waals surface area (Å²) in [6.45, 7) is 1.35. The van der Waals surface area contributed by atoms with Gasteiger partial charge in [0.1, 0.15) is 0 Å². The molecule has 4 nitrogen and oxygen atoms in total. The lowest BCUT2D eigenvalue weighted by molar-refractivity contribution is -0.140. The molecular weight excluding hydrogens is 254 g/mol. The van der Waals surface area contributed by atoms with Crippen molar-refractivity contribution in [1.29, 1.82) is 0 Å². The van der Waals surface area contributed by atoms with E-state index in [9.17, 15) is 9.59 Å². The Morgan fingerprint density at radius 2 is 1.90 bits per heavy atom. The molecule has 2 atom stereocenters. The SMILES string of the molecule is O=C1CC2(CCCOCC2)C(c2ccccc2)C(=O)N1. The first-order valence-corrected chi connectivity index (χ1v) is 7.18. The molecule has 2 unspecified atom stereocenters. The molecule has 0 saturated carbocycles. The molecule has 0 radical (unpaired) electrons. The summed E-state index contributed by atoms with van der Waals surface area (Å²) < 4.78 is 5.53. The summed E-state index contributed by atoms with van der Waals surface area (Å²) >= 11 is 0. The summed E-state index contributed by atoms with van der Waals surface area (Å²) in [5.41, 5.74) is 0.719. The van der Waals surface area contributed by atoms with Gasteiger partial charge in [0.2, 0.25) is 11.8 Å². The first-order chi connectivity index (χ1) is 9.71. The van der Waals surface area contributed by atoms with Crippen LogP contribution >= 0.6 is 0 Å². The van der Waals surface area contributed by atoms with Gasteiger partial charge in [-0.3, -0.25) is 14.9 Å². The van der Waals surface area contributed by atoms with Gasteiger partial charge in [0, 0.05) is 19.6 Å². The van der Waals surface area contributed by atoms with Crippen molar-refractivity contribution in [3.8, 4) is 0 Å². The van der Waals surface area contributed by atoms with Crippen LogP contribution in [0, 0.1) is 5.41 Å². The largest absolute Gasteiger partial charge is 0.381 e. The Balaban J connectivity index is 2.01. The molecule has 2 saturated heterocycles. The lowest BCUT2D eigenvalue weighted by Gasteiger charge is -2.42. The second-order valence-electron chi connectivity index (χ2n) is 5.76. The predicted octanol–water partition coefficient (Wildman–Crippen LogP) is 2.00. The lowest BCUT2D eigenvalue weighted by atomic mass is 9.63. The van der Waals surface area contributed by atoms with Crippen LogP contribution in [0.5, 0.6) is 0 Å². The molecule has 4 heteroatoms. The normalized spacial score (nSPS) is 30.9. The Bertz CT molecular complexity index is 504. The molecule has 0 bridgehead atoms. The zero-order valence-electron chi connectivity index (χ0n) is 11.4. The fourth-order valence-corrected chi connectivity index (χ4v) is 3.60. The second kappa shape index (κ2) is 5.37. The Morgan fingerprint density at radius 1 is 1.10 bits per heavy atom. The van der Waals surface area contributed by atoms with Crippen LogP contribution in [-0.2, 0) is 14.3 Å². The summed E-state index contributed by atoms with van der Waals surface area (Å²) in [6.07, 6.45) is 2.96. The minimum Gasteiger partial charge on any atom is -0.381 e. The van der Waals surface area contributed by atoms with Crippen molar-refractivity contribution in [1.82, 2.24) is 5.32 Å². The van der Waals surface area contributed by atoms with Crippen molar-refractivity contribution in [2.24, 2.45) is 5.41 Å². The molecule has 2 heterocycles. The van der Waals surface area contributed by atoms with Crippen molar-refractivity contribution in [3.05, 3.63) is 35.9 Å². The van der Waals surface area contributed by atoms with E-state index in [1.165, 1.54) is 0 Å². The van der Waals surface area contributed by atoms with E-state index in [2.05, 4.69) is 5.32 Å². The van der Waals surface area contributed by atoms with Crippen molar-refractivity contribution in [3.63, 3.8) is 0 Å². The van der Waals surface area contributed by atoms with Gasteiger partial charge in [0.15, 0.2) is 0 Å². The standard InChI is InChI=1S/C16H19NO3/c18-13-11-16(7-4-9-20-10-8-16)14(15(19)17-13)12-5-2-1-3-6-12/h1-3,5-6,14H,4,7-11H2,(H,17,18,19). The number of nitrogens with one attached hydrogen (secondary N) is 1. The smallest absolute Gasteiger partial charge is 0.234 e. The Hall–Kier alpha value is -1.68. The molecule has 106 valence electrons. The van der Waals surface area contributed by atoms with Gasteiger partial charge in [0.05, 0.1) is 5.92 Å². The molecule has 1 aromatic rings. The Morgan fingerprint density at radius 3 is 2.70 bits per heavy atom. The van der Waals surface area contributed by atoms with E-state index in [1.807, 2.05) is 30.3 Å². The van der Waals surface area contributed by atoms with Crippen LogP contribution < -0.4 is 5.32 Å². The van der Waals surface area contributed by atoms with Crippen molar-refractivity contribution < 1.29 is 14.3 Å². The van der Waals surface area contributed by atoms with Crippen LogP contribution in [0.3, 0.4) is 0 Å². The summed E-state index contributed by atoms with van der Waals surface area (Å²) in [5.74, 6) is -0.554. The van der Waals surface area contributed by atoms with Gasteiger partial charge < -0.3 is 4.74 Å². The van der Waals surface area contributed by atoms with E-state index in [0.29, 0.717) is 13.0 Å². The maximum Gasteiger partial charge on any atom is 0.234 e. The Kier molecular flexibility index (Phi) is 3.57. The van der Waals surface area contributed by atoms with E-state index in [0.717, 1.165) is 31.4 Å². The highest BCUT2D eigenvalue weighted by Gasteiger charge is 2.48. The molecule has 3 rings (SSSR count). The number of benzene rings is 1. The quantitative estimate of drug-likeness (QED) is 0.796. The molecular formula is C16H19NO3. The topological polar surface area (TPSA) is 55.4 Å². The summed E-state index contributed by atoms with van der Waals surface area (Å²) in [7, 11) is 0. The van der Waals surface area contributed by atoms with E-state index in [-0.39, 0.29) is 23.1 Å². The summed E-state index contributed by atoms with van der Waals surface area (Å²) in [4.78, 5) is 24.3. The first-order valence-electron chi connectivity index (χ1n) is 7.18. The average Bonchev–Trinajstić information content (AvgIpc) is 2.65. The number of hydrogen-bond acceptors (Lipinski definition) is 3. The van der Waals surface area contributed by atoms with Gasteiger partial charge in [-0.1, -0.05) is 30.3 Å². The second-order valence-corrected chi connectivity index (χ2v) is 5.76. The molecule has 2 fully saturated rings. The van der Waals surface area contributed by atoms with Crippen molar-refractivity contribution >= 4 is 11.8 Å².